The van der Waals surface area contributed by atoms with Gasteiger partial charge in [-0.25, -0.2) is 4.98 Å². The Kier molecular flexibility index (Phi) is 5.92. The van der Waals surface area contributed by atoms with Crippen LogP contribution in [0.1, 0.15) is 25.8 Å². The molecule has 0 atom stereocenters. The van der Waals surface area contributed by atoms with E-state index in [1.807, 2.05) is 24.5 Å². The quantitative estimate of drug-likeness (QED) is 0.829. The van der Waals surface area contributed by atoms with Gasteiger partial charge in [0.15, 0.2) is 0 Å². The molecule has 0 aromatic carbocycles. The number of halogens is 1. The number of hydrogen-bond acceptors (Lipinski definition) is 5. The van der Waals surface area contributed by atoms with Crippen molar-refractivity contribution >= 4 is 27.7 Å². The molecule has 0 aliphatic carbocycles. The number of aromatic nitrogens is 3. The standard InChI is InChI=1S/C15H20BrN5/c1-3-7-18-15-19-10-13(16)14(20-15)21(4-2)11-12-5-8-17-9-6-12/h5-6,8-10H,3-4,7,11H2,1-2H3,(H,18,19,20). The first-order chi connectivity index (χ1) is 10.2. The summed E-state index contributed by atoms with van der Waals surface area (Å²) in [6.45, 7) is 6.77. The van der Waals surface area contributed by atoms with Crippen molar-refractivity contribution in [1.29, 1.82) is 0 Å². The van der Waals surface area contributed by atoms with Gasteiger partial charge in [0, 0.05) is 38.2 Å². The van der Waals surface area contributed by atoms with Gasteiger partial charge in [0.25, 0.3) is 0 Å². The van der Waals surface area contributed by atoms with Crippen molar-refractivity contribution in [2.45, 2.75) is 26.8 Å². The normalized spacial score (nSPS) is 10.4. The summed E-state index contributed by atoms with van der Waals surface area (Å²) in [6, 6.07) is 4.04. The Bertz CT molecular complexity index is 561. The Morgan fingerprint density at radius 2 is 2.00 bits per heavy atom. The number of nitrogens with zero attached hydrogens (tertiary/aromatic N) is 4. The Balaban J connectivity index is 2.20. The van der Waals surface area contributed by atoms with E-state index in [0.717, 1.165) is 36.3 Å². The molecule has 2 aromatic rings. The van der Waals surface area contributed by atoms with Crippen LogP contribution in [0.15, 0.2) is 35.2 Å². The molecule has 112 valence electrons. The van der Waals surface area contributed by atoms with Gasteiger partial charge in [-0.15, -0.1) is 0 Å². The van der Waals surface area contributed by atoms with Crippen molar-refractivity contribution in [2.75, 3.05) is 23.3 Å². The summed E-state index contributed by atoms with van der Waals surface area (Å²) < 4.78 is 0.903. The van der Waals surface area contributed by atoms with Crippen molar-refractivity contribution < 1.29 is 0 Å². The number of rotatable bonds is 7. The van der Waals surface area contributed by atoms with Gasteiger partial charge in [-0.05, 0) is 47.0 Å². The first-order valence-corrected chi connectivity index (χ1v) is 7.94. The van der Waals surface area contributed by atoms with E-state index in [1.165, 1.54) is 5.56 Å². The highest BCUT2D eigenvalue weighted by atomic mass is 79.9. The van der Waals surface area contributed by atoms with Crippen LogP contribution in [0.4, 0.5) is 11.8 Å². The van der Waals surface area contributed by atoms with Crippen LogP contribution < -0.4 is 10.2 Å². The van der Waals surface area contributed by atoms with Crippen LogP contribution in [0, 0.1) is 0 Å². The highest BCUT2D eigenvalue weighted by molar-refractivity contribution is 9.10. The Hall–Kier alpha value is -1.69. The maximum absolute atomic E-state index is 4.62. The molecule has 2 heterocycles. The smallest absolute Gasteiger partial charge is 0.224 e. The minimum Gasteiger partial charge on any atom is -0.354 e. The maximum atomic E-state index is 4.62. The lowest BCUT2D eigenvalue weighted by Gasteiger charge is -2.23. The molecule has 2 rings (SSSR count). The van der Waals surface area contributed by atoms with Crippen molar-refractivity contribution in [3.05, 3.63) is 40.8 Å². The van der Waals surface area contributed by atoms with E-state index >= 15 is 0 Å². The van der Waals surface area contributed by atoms with Crippen molar-refractivity contribution in [1.82, 2.24) is 15.0 Å². The molecule has 1 N–H and O–H groups in total. The van der Waals surface area contributed by atoms with E-state index in [-0.39, 0.29) is 0 Å². The molecule has 6 heteroatoms. The van der Waals surface area contributed by atoms with Crippen LogP contribution in [0.2, 0.25) is 0 Å². The highest BCUT2D eigenvalue weighted by Gasteiger charge is 2.12. The molecule has 21 heavy (non-hydrogen) atoms. The predicted octanol–water partition coefficient (Wildman–Crippen LogP) is 3.48. The fourth-order valence-corrected chi connectivity index (χ4v) is 2.39. The topological polar surface area (TPSA) is 53.9 Å². The summed E-state index contributed by atoms with van der Waals surface area (Å²) >= 11 is 3.55. The molecular formula is C15H20BrN5. The molecule has 0 aliphatic rings. The van der Waals surface area contributed by atoms with Crippen LogP contribution in [0.25, 0.3) is 0 Å². The minimum absolute atomic E-state index is 0.670. The predicted molar refractivity (Wildman–Crippen MR) is 89.5 cm³/mol. The Morgan fingerprint density at radius 1 is 1.24 bits per heavy atom. The largest absolute Gasteiger partial charge is 0.354 e. The molecule has 0 radical (unpaired) electrons. The Morgan fingerprint density at radius 3 is 2.67 bits per heavy atom. The summed E-state index contributed by atoms with van der Waals surface area (Å²) in [5, 5.41) is 3.23. The molecule has 5 nitrogen and oxygen atoms in total. The monoisotopic (exact) mass is 349 g/mol. The molecule has 0 fully saturated rings. The fourth-order valence-electron chi connectivity index (χ4n) is 1.95. The second-order valence-corrected chi connectivity index (χ2v) is 5.52. The van der Waals surface area contributed by atoms with Gasteiger partial charge >= 0.3 is 0 Å². The van der Waals surface area contributed by atoms with E-state index < -0.39 is 0 Å². The van der Waals surface area contributed by atoms with Crippen LogP contribution >= 0.6 is 15.9 Å². The van der Waals surface area contributed by atoms with Crippen molar-refractivity contribution in [2.24, 2.45) is 0 Å². The van der Waals surface area contributed by atoms with Crippen LogP contribution in [-0.4, -0.2) is 28.0 Å². The third-order valence-corrected chi connectivity index (χ3v) is 3.62. The number of nitrogens with one attached hydrogen (secondary N) is 1. The summed E-state index contributed by atoms with van der Waals surface area (Å²) in [5.41, 5.74) is 1.21. The first-order valence-electron chi connectivity index (χ1n) is 7.14. The molecule has 0 aliphatic heterocycles. The van der Waals surface area contributed by atoms with Gasteiger partial charge in [0.2, 0.25) is 5.95 Å². The lowest BCUT2D eigenvalue weighted by atomic mass is 10.2. The molecule has 0 bridgehead atoms. The van der Waals surface area contributed by atoms with E-state index in [1.54, 1.807) is 6.20 Å². The van der Waals surface area contributed by atoms with E-state index in [9.17, 15) is 0 Å². The molecule has 0 saturated heterocycles. The van der Waals surface area contributed by atoms with Gasteiger partial charge in [0.1, 0.15) is 5.82 Å². The first kappa shape index (κ1) is 15.7. The zero-order valence-corrected chi connectivity index (χ0v) is 14.0. The van der Waals surface area contributed by atoms with Gasteiger partial charge in [-0.2, -0.15) is 4.98 Å². The van der Waals surface area contributed by atoms with Crippen LogP contribution in [-0.2, 0) is 6.54 Å². The molecular weight excluding hydrogens is 330 g/mol. The molecule has 0 saturated carbocycles. The number of pyridine rings is 1. The van der Waals surface area contributed by atoms with Crippen LogP contribution in [0.5, 0.6) is 0 Å². The van der Waals surface area contributed by atoms with Gasteiger partial charge in [0.05, 0.1) is 4.47 Å². The second-order valence-electron chi connectivity index (χ2n) is 4.66. The number of anilines is 2. The third kappa shape index (κ3) is 4.39. The van der Waals surface area contributed by atoms with Crippen molar-refractivity contribution in [3.8, 4) is 0 Å². The van der Waals surface area contributed by atoms with Gasteiger partial charge in [-0.3, -0.25) is 4.98 Å². The molecule has 2 aromatic heterocycles. The Labute approximate surface area is 134 Å². The molecule has 0 amide bonds. The average molecular weight is 350 g/mol. The summed E-state index contributed by atoms with van der Waals surface area (Å²) in [5.74, 6) is 1.58. The second kappa shape index (κ2) is 7.93. The van der Waals surface area contributed by atoms with Crippen LogP contribution in [0.3, 0.4) is 0 Å². The highest BCUT2D eigenvalue weighted by Crippen LogP contribution is 2.25. The zero-order valence-electron chi connectivity index (χ0n) is 12.4. The van der Waals surface area contributed by atoms with E-state index in [2.05, 4.69) is 54.9 Å². The average Bonchev–Trinajstić information content (AvgIpc) is 2.53. The van der Waals surface area contributed by atoms with Gasteiger partial charge in [-0.1, -0.05) is 6.92 Å². The lowest BCUT2D eigenvalue weighted by Crippen LogP contribution is -2.24. The molecule has 0 spiro atoms. The minimum atomic E-state index is 0.670. The van der Waals surface area contributed by atoms with Gasteiger partial charge < -0.3 is 10.2 Å². The maximum Gasteiger partial charge on any atom is 0.224 e. The van der Waals surface area contributed by atoms with Crippen molar-refractivity contribution in [3.63, 3.8) is 0 Å². The summed E-state index contributed by atoms with van der Waals surface area (Å²) in [6.07, 6.45) is 6.47. The van der Waals surface area contributed by atoms with E-state index in [0.29, 0.717) is 5.95 Å². The number of hydrogen-bond donors (Lipinski definition) is 1. The SMILES string of the molecule is CCCNc1ncc(Br)c(N(CC)Cc2ccncc2)n1. The zero-order chi connectivity index (χ0) is 15.1. The van der Waals surface area contributed by atoms with E-state index in [4.69, 9.17) is 0 Å². The summed E-state index contributed by atoms with van der Waals surface area (Å²) in [7, 11) is 0. The molecule has 0 unspecified atom stereocenters. The lowest BCUT2D eigenvalue weighted by molar-refractivity contribution is 0.804. The third-order valence-electron chi connectivity index (χ3n) is 3.06. The summed E-state index contributed by atoms with van der Waals surface area (Å²) in [4.78, 5) is 15.2. The fraction of sp³-hybridized carbons (Fsp3) is 0.400.